The number of nitrogens with zero attached hydrogens (tertiary/aromatic N) is 4. The van der Waals surface area contributed by atoms with E-state index in [2.05, 4.69) is 14.8 Å². The molecule has 0 aliphatic carbocycles. The van der Waals surface area contributed by atoms with Crippen molar-refractivity contribution in [2.75, 3.05) is 49.9 Å². The van der Waals surface area contributed by atoms with Crippen LogP contribution in [0.3, 0.4) is 0 Å². The lowest BCUT2D eigenvalue weighted by atomic mass is 10.2. The number of carbonyl (C=O) groups is 1. The van der Waals surface area contributed by atoms with Gasteiger partial charge in [-0.15, -0.1) is 0 Å². The fourth-order valence-electron chi connectivity index (χ4n) is 2.89. The number of carbonyl (C=O) groups excluding carboxylic acids is 1. The predicted molar refractivity (Wildman–Crippen MR) is 98.1 cm³/mol. The van der Waals surface area contributed by atoms with Crippen molar-refractivity contribution in [3.8, 4) is 0 Å². The average molecular weight is 340 g/mol. The molecule has 1 saturated heterocycles. The van der Waals surface area contributed by atoms with Gasteiger partial charge >= 0.3 is 0 Å². The third-order valence-electron chi connectivity index (χ3n) is 4.40. The Balaban J connectivity index is 1.45. The number of piperazine rings is 1. The fourth-order valence-corrected chi connectivity index (χ4v) is 2.89. The molecule has 0 atom stereocenters. The fraction of sp³-hybridized carbons (Fsp3) is 0.333. The van der Waals surface area contributed by atoms with E-state index < -0.39 is 5.91 Å². The highest BCUT2D eigenvalue weighted by Crippen LogP contribution is 2.15. The first-order chi connectivity index (χ1) is 12.1. The maximum Gasteiger partial charge on any atom is 0.243 e. The number of hydroxylamine groups is 2. The molecule has 1 aliphatic heterocycles. The van der Waals surface area contributed by atoms with Crippen molar-refractivity contribution in [3.63, 3.8) is 0 Å². The highest BCUT2D eigenvalue weighted by atomic mass is 16.5. The van der Waals surface area contributed by atoms with Crippen molar-refractivity contribution < 1.29 is 4.79 Å². The van der Waals surface area contributed by atoms with Crippen LogP contribution in [0.2, 0.25) is 0 Å². The first-order valence-electron chi connectivity index (χ1n) is 8.35. The Morgan fingerprint density at radius 3 is 2.36 bits per heavy atom. The number of anilines is 2. The largest absolute Gasteiger partial charge is 0.756 e. The summed E-state index contributed by atoms with van der Waals surface area (Å²) in [6, 6.07) is 10.4. The van der Waals surface area contributed by atoms with E-state index in [-0.39, 0.29) is 6.54 Å². The molecule has 0 spiro atoms. The lowest BCUT2D eigenvalue weighted by Crippen LogP contribution is -2.48. The van der Waals surface area contributed by atoms with Crippen LogP contribution in [0.5, 0.6) is 0 Å². The van der Waals surface area contributed by atoms with E-state index >= 15 is 0 Å². The molecule has 132 valence electrons. The lowest BCUT2D eigenvalue weighted by Gasteiger charge is -2.38. The van der Waals surface area contributed by atoms with Gasteiger partial charge in [-0.05, 0) is 36.4 Å². The number of pyridine rings is 1. The van der Waals surface area contributed by atoms with Crippen LogP contribution in [0.4, 0.5) is 11.4 Å². The van der Waals surface area contributed by atoms with E-state index in [1.54, 1.807) is 36.7 Å². The van der Waals surface area contributed by atoms with E-state index in [1.807, 2.05) is 12.1 Å². The van der Waals surface area contributed by atoms with E-state index in [0.717, 1.165) is 26.2 Å². The van der Waals surface area contributed by atoms with Gasteiger partial charge in [-0.1, -0.05) is 0 Å². The van der Waals surface area contributed by atoms with Crippen LogP contribution in [-0.4, -0.2) is 60.1 Å². The Kier molecular flexibility index (Phi) is 5.47. The van der Waals surface area contributed by atoms with Crippen LogP contribution in [0.25, 0.3) is 0 Å². The molecule has 0 saturated carbocycles. The van der Waals surface area contributed by atoms with E-state index in [9.17, 15) is 10.0 Å². The van der Waals surface area contributed by atoms with E-state index in [1.165, 1.54) is 5.69 Å². The quantitative estimate of drug-likeness (QED) is 0.654. The first kappa shape index (κ1) is 17.2. The summed E-state index contributed by atoms with van der Waals surface area (Å²) in [5.41, 5.74) is 7.70. The molecular formula is C18H22N5O2-. The zero-order chi connectivity index (χ0) is 17.6. The zero-order valence-corrected chi connectivity index (χ0v) is 14.0. The normalized spacial score (nSPS) is 15.2. The van der Waals surface area contributed by atoms with Crippen LogP contribution in [0, 0.1) is 5.21 Å². The van der Waals surface area contributed by atoms with Gasteiger partial charge in [0, 0.05) is 68.6 Å². The van der Waals surface area contributed by atoms with Crippen molar-refractivity contribution >= 4 is 17.3 Å². The van der Waals surface area contributed by atoms with Gasteiger partial charge in [0.1, 0.15) is 0 Å². The molecule has 1 aromatic heterocycles. The number of rotatable bonds is 5. The van der Waals surface area contributed by atoms with E-state index in [4.69, 9.17) is 5.73 Å². The second-order valence-electron chi connectivity index (χ2n) is 6.06. The SMILES string of the molecule is Nc1ccc(C(=O)N([O-])CCN2CCN(c3ccncc3)CC2)cc1. The first-order valence-corrected chi connectivity index (χ1v) is 8.35. The summed E-state index contributed by atoms with van der Waals surface area (Å²) < 4.78 is 0. The summed E-state index contributed by atoms with van der Waals surface area (Å²) in [6.45, 7) is 4.27. The van der Waals surface area contributed by atoms with Gasteiger partial charge < -0.3 is 20.9 Å². The summed E-state index contributed by atoms with van der Waals surface area (Å²) in [4.78, 5) is 20.6. The van der Waals surface area contributed by atoms with Crippen LogP contribution in [0.1, 0.15) is 10.4 Å². The number of hydrogen-bond acceptors (Lipinski definition) is 6. The summed E-state index contributed by atoms with van der Waals surface area (Å²) in [5, 5.41) is 12.6. The third-order valence-corrected chi connectivity index (χ3v) is 4.40. The minimum Gasteiger partial charge on any atom is -0.756 e. The highest BCUT2D eigenvalue weighted by Gasteiger charge is 2.17. The molecule has 1 amide bonds. The molecule has 1 aromatic carbocycles. The van der Waals surface area contributed by atoms with Crippen LogP contribution in [0.15, 0.2) is 48.8 Å². The zero-order valence-electron chi connectivity index (χ0n) is 14.0. The van der Waals surface area contributed by atoms with E-state index in [0.29, 0.717) is 22.9 Å². The molecule has 1 fully saturated rings. The van der Waals surface area contributed by atoms with Gasteiger partial charge in [0.25, 0.3) is 0 Å². The van der Waals surface area contributed by atoms with Crippen molar-refractivity contribution in [1.29, 1.82) is 0 Å². The number of hydrogen-bond donors (Lipinski definition) is 1. The molecule has 3 rings (SSSR count). The molecular weight excluding hydrogens is 318 g/mol. The molecule has 0 bridgehead atoms. The van der Waals surface area contributed by atoms with Crippen molar-refractivity contribution in [2.24, 2.45) is 0 Å². The minimum absolute atomic E-state index is 0.165. The number of benzene rings is 1. The molecule has 7 nitrogen and oxygen atoms in total. The Bertz CT molecular complexity index is 684. The summed E-state index contributed by atoms with van der Waals surface area (Å²) in [5.74, 6) is -0.518. The smallest absolute Gasteiger partial charge is 0.243 e. The molecule has 7 heteroatoms. The summed E-state index contributed by atoms with van der Waals surface area (Å²) >= 11 is 0. The van der Waals surface area contributed by atoms with Crippen molar-refractivity contribution in [2.45, 2.75) is 0 Å². The Morgan fingerprint density at radius 1 is 1.08 bits per heavy atom. The number of amides is 1. The minimum atomic E-state index is -0.518. The summed E-state index contributed by atoms with van der Waals surface area (Å²) in [7, 11) is 0. The van der Waals surface area contributed by atoms with Crippen molar-refractivity contribution in [3.05, 3.63) is 59.6 Å². The number of nitrogen functional groups attached to an aromatic ring is 1. The molecule has 0 unspecified atom stereocenters. The second kappa shape index (κ2) is 7.96. The lowest BCUT2D eigenvalue weighted by molar-refractivity contribution is 0.0806. The van der Waals surface area contributed by atoms with Crippen LogP contribution < -0.4 is 10.6 Å². The predicted octanol–water partition coefficient (Wildman–Crippen LogP) is 1.43. The van der Waals surface area contributed by atoms with Crippen molar-refractivity contribution in [1.82, 2.24) is 14.9 Å². The standard InChI is InChI=1S/C18H22N5O2/c19-16-3-1-15(2-4-16)18(24)23(25)14-11-21-9-12-22(13-10-21)17-5-7-20-8-6-17/h1-8H,9-14,19H2/q-1. The van der Waals surface area contributed by atoms with Gasteiger partial charge in [-0.3, -0.25) is 14.7 Å². The van der Waals surface area contributed by atoms with Gasteiger partial charge in [0.15, 0.2) is 0 Å². The molecule has 25 heavy (non-hydrogen) atoms. The maximum atomic E-state index is 12.1. The average Bonchev–Trinajstić information content (AvgIpc) is 2.67. The highest BCUT2D eigenvalue weighted by molar-refractivity contribution is 5.94. The number of aromatic nitrogens is 1. The van der Waals surface area contributed by atoms with Crippen LogP contribution >= 0.6 is 0 Å². The molecule has 2 N–H and O–H groups in total. The topological polar surface area (TPSA) is 88.8 Å². The Labute approximate surface area is 147 Å². The maximum absolute atomic E-state index is 12.1. The van der Waals surface area contributed by atoms with Gasteiger partial charge in [0.05, 0.1) is 0 Å². The Morgan fingerprint density at radius 2 is 1.72 bits per heavy atom. The molecule has 2 heterocycles. The monoisotopic (exact) mass is 340 g/mol. The Hall–Kier alpha value is -2.64. The molecule has 0 radical (unpaired) electrons. The summed E-state index contributed by atoms with van der Waals surface area (Å²) in [6.07, 6.45) is 3.58. The molecule has 1 aliphatic rings. The second-order valence-corrected chi connectivity index (χ2v) is 6.06. The van der Waals surface area contributed by atoms with Crippen LogP contribution in [-0.2, 0) is 0 Å². The molecule has 2 aromatic rings. The third kappa shape index (κ3) is 4.46. The van der Waals surface area contributed by atoms with Gasteiger partial charge in [-0.2, -0.15) is 0 Å². The van der Waals surface area contributed by atoms with Gasteiger partial charge in [0.2, 0.25) is 5.91 Å². The van der Waals surface area contributed by atoms with Gasteiger partial charge in [-0.25, -0.2) is 0 Å². The number of nitrogens with two attached hydrogens (primary N) is 1.